The molecule has 0 bridgehead atoms. The van der Waals surface area contributed by atoms with E-state index in [1.165, 1.54) is 0 Å². The summed E-state index contributed by atoms with van der Waals surface area (Å²) in [5.41, 5.74) is 0. The molecule has 2 N–H and O–H groups in total. The van der Waals surface area contributed by atoms with Gasteiger partial charge >= 0.3 is 0 Å². The van der Waals surface area contributed by atoms with E-state index >= 15 is 0 Å². The molecule has 1 atom stereocenters. The smallest absolute Gasteiger partial charge is 0.191 e. The van der Waals surface area contributed by atoms with Gasteiger partial charge in [0.2, 0.25) is 0 Å². The topological polar surface area (TPSA) is 45.7 Å². The van der Waals surface area contributed by atoms with Gasteiger partial charge in [0.05, 0.1) is 11.6 Å². The van der Waals surface area contributed by atoms with E-state index in [2.05, 4.69) is 28.8 Å². The number of halogens is 2. The van der Waals surface area contributed by atoms with Crippen LogP contribution in [0.3, 0.4) is 0 Å². The summed E-state index contributed by atoms with van der Waals surface area (Å²) >= 11 is 7.92. The van der Waals surface area contributed by atoms with Crippen LogP contribution in [-0.2, 0) is 0 Å². The average Bonchev–Trinajstić information content (AvgIpc) is 2.51. The van der Waals surface area contributed by atoms with Gasteiger partial charge in [-0.3, -0.25) is 4.99 Å². The third-order valence-electron chi connectivity index (χ3n) is 2.91. The predicted molar refractivity (Wildman–Crippen MR) is 109 cm³/mol. The van der Waals surface area contributed by atoms with Gasteiger partial charge in [-0.05, 0) is 24.8 Å². The molecule has 0 heterocycles. The summed E-state index contributed by atoms with van der Waals surface area (Å²) in [6.45, 7) is 3.66. The standard InChI is InChI=1S/C15H24ClN3OS.HI/c1-4-12(20-14-8-6-5-7-13(14)16)11-19-15(17-2)18-9-10-21-3;/h5-8,12H,4,9-11H2,1-3H3,(H2,17,18,19);1H. The SMILES string of the molecule is CCC(CNC(=NC)NCCSC)Oc1ccccc1Cl.I. The molecule has 126 valence electrons. The monoisotopic (exact) mass is 457 g/mol. The molecule has 0 aromatic heterocycles. The van der Waals surface area contributed by atoms with Gasteiger partial charge in [0, 0.05) is 19.3 Å². The van der Waals surface area contributed by atoms with Crippen molar-refractivity contribution in [3.63, 3.8) is 0 Å². The summed E-state index contributed by atoms with van der Waals surface area (Å²) < 4.78 is 5.93. The highest BCUT2D eigenvalue weighted by atomic mass is 127. The number of nitrogens with one attached hydrogen (secondary N) is 2. The summed E-state index contributed by atoms with van der Waals surface area (Å²) in [5, 5.41) is 7.18. The highest BCUT2D eigenvalue weighted by molar-refractivity contribution is 14.0. The van der Waals surface area contributed by atoms with Crippen LogP contribution in [0.5, 0.6) is 5.75 Å². The Labute approximate surface area is 159 Å². The summed E-state index contributed by atoms with van der Waals surface area (Å²) in [4.78, 5) is 4.19. The quantitative estimate of drug-likeness (QED) is 0.271. The lowest BCUT2D eigenvalue weighted by Crippen LogP contribution is -2.43. The minimum Gasteiger partial charge on any atom is -0.487 e. The first-order valence-electron chi connectivity index (χ1n) is 7.05. The first kappa shape index (κ1) is 21.7. The second kappa shape index (κ2) is 13.1. The Balaban J connectivity index is 0.00000441. The highest BCUT2D eigenvalue weighted by Gasteiger charge is 2.11. The summed E-state index contributed by atoms with van der Waals surface area (Å²) in [5.74, 6) is 2.57. The Kier molecular flexibility index (Phi) is 12.9. The molecule has 0 spiro atoms. The Morgan fingerprint density at radius 1 is 1.36 bits per heavy atom. The fourth-order valence-corrected chi connectivity index (χ4v) is 2.18. The largest absolute Gasteiger partial charge is 0.487 e. The van der Waals surface area contributed by atoms with E-state index in [1.807, 2.05) is 24.3 Å². The lowest BCUT2D eigenvalue weighted by atomic mass is 10.2. The van der Waals surface area contributed by atoms with Crippen LogP contribution >= 0.6 is 47.3 Å². The molecule has 4 nitrogen and oxygen atoms in total. The van der Waals surface area contributed by atoms with E-state index in [0.29, 0.717) is 11.6 Å². The molecule has 0 radical (unpaired) electrons. The summed E-state index contributed by atoms with van der Waals surface area (Å²) in [7, 11) is 1.77. The Bertz CT molecular complexity index is 449. The lowest BCUT2D eigenvalue weighted by molar-refractivity contribution is 0.199. The van der Waals surface area contributed by atoms with E-state index in [-0.39, 0.29) is 30.1 Å². The fraction of sp³-hybridized carbons (Fsp3) is 0.533. The molecule has 0 saturated heterocycles. The molecule has 22 heavy (non-hydrogen) atoms. The van der Waals surface area contributed by atoms with Gasteiger partial charge in [0.1, 0.15) is 11.9 Å². The fourth-order valence-electron chi connectivity index (χ4n) is 1.69. The van der Waals surface area contributed by atoms with Crippen molar-refractivity contribution in [2.45, 2.75) is 19.4 Å². The molecule has 1 unspecified atom stereocenters. The van der Waals surface area contributed by atoms with Crippen LogP contribution in [0.2, 0.25) is 5.02 Å². The Morgan fingerprint density at radius 3 is 2.68 bits per heavy atom. The van der Waals surface area contributed by atoms with Crippen LogP contribution in [0.4, 0.5) is 0 Å². The van der Waals surface area contributed by atoms with Crippen molar-refractivity contribution >= 4 is 53.3 Å². The van der Waals surface area contributed by atoms with Crippen LogP contribution in [0.15, 0.2) is 29.3 Å². The number of hydrogen-bond donors (Lipinski definition) is 2. The van der Waals surface area contributed by atoms with E-state index in [4.69, 9.17) is 16.3 Å². The number of aliphatic imine (C=N–C) groups is 1. The van der Waals surface area contributed by atoms with Gasteiger partial charge in [-0.15, -0.1) is 24.0 Å². The van der Waals surface area contributed by atoms with Crippen LogP contribution < -0.4 is 15.4 Å². The van der Waals surface area contributed by atoms with Crippen LogP contribution in [0.25, 0.3) is 0 Å². The van der Waals surface area contributed by atoms with Crippen molar-refractivity contribution in [1.82, 2.24) is 10.6 Å². The highest BCUT2D eigenvalue weighted by Crippen LogP contribution is 2.24. The second-order valence-corrected chi connectivity index (χ2v) is 5.84. The number of thioether (sulfide) groups is 1. The van der Waals surface area contributed by atoms with Crippen LogP contribution in [0.1, 0.15) is 13.3 Å². The molecular formula is C15H25ClIN3OS. The van der Waals surface area contributed by atoms with Crippen LogP contribution in [-0.4, -0.2) is 44.2 Å². The first-order chi connectivity index (χ1) is 10.2. The van der Waals surface area contributed by atoms with Crippen molar-refractivity contribution in [1.29, 1.82) is 0 Å². The van der Waals surface area contributed by atoms with Gasteiger partial charge in [-0.1, -0.05) is 30.7 Å². The Morgan fingerprint density at radius 2 is 2.09 bits per heavy atom. The molecule has 0 aliphatic heterocycles. The molecule has 1 aromatic carbocycles. The van der Waals surface area contributed by atoms with Gasteiger partial charge in [-0.2, -0.15) is 11.8 Å². The number of ether oxygens (including phenoxy) is 1. The molecule has 0 aliphatic rings. The van der Waals surface area contributed by atoms with E-state index in [9.17, 15) is 0 Å². The number of nitrogens with zero attached hydrogens (tertiary/aromatic N) is 1. The van der Waals surface area contributed by atoms with Gasteiger partial charge < -0.3 is 15.4 Å². The molecular weight excluding hydrogens is 433 g/mol. The first-order valence-corrected chi connectivity index (χ1v) is 8.83. The maximum atomic E-state index is 6.12. The van der Waals surface area contributed by atoms with Crippen molar-refractivity contribution in [2.75, 3.05) is 32.1 Å². The predicted octanol–water partition coefficient (Wildman–Crippen LogP) is 3.64. The lowest BCUT2D eigenvalue weighted by Gasteiger charge is -2.20. The zero-order chi connectivity index (χ0) is 15.5. The third kappa shape index (κ3) is 8.33. The molecule has 0 fully saturated rings. The molecule has 0 amide bonds. The maximum absolute atomic E-state index is 6.12. The number of benzene rings is 1. The van der Waals surface area contributed by atoms with Crippen molar-refractivity contribution in [3.05, 3.63) is 29.3 Å². The number of para-hydroxylation sites is 1. The minimum atomic E-state index is 0. The molecule has 0 aliphatic carbocycles. The zero-order valence-corrected chi connectivity index (χ0v) is 17.2. The number of guanidine groups is 1. The van der Waals surface area contributed by atoms with E-state index in [1.54, 1.807) is 18.8 Å². The normalized spacial score (nSPS) is 12.3. The van der Waals surface area contributed by atoms with Gasteiger partial charge in [0.15, 0.2) is 5.96 Å². The maximum Gasteiger partial charge on any atom is 0.191 e. The number of rotatable bonds is 8. The Hall–Kier alpha value is -0.340. The van der Waals surface area contributed by atoms with E-state index < -0.39 is 0 Å². The molecule has 1 aromatic rings. The van der Waals surface area contributed by atoms with Gasteiger partial charge in [-0.25, -0.2) is 0 Å². The van der Waals surface area contributed by atoms with Crippen molar-refractivity contribution in [2.24, 2.45) is 4.99 Å². The summed E-state index contributed by atoms with van der Waals surface area (Å²) in [6.07, 6.45) is 3.02. The molecule has 1 rings (SSSR count). The molecule has 0 saturated carbocycles. The second-order valence-electron chi connectivity index (χ2n) is 4.45. The van der Waals surface area contributed by atoms with Crippen molar-refractivity contribution in [3.8, 4) is 5.75 Å². The average molecular weight is 458 g/mol. The van der Waals surface area contributed by atoms with Gasteiger partial charge in [0.25, 0.3) is 0 Å². The molecule has 7 heteroatoms. The van der Waals surface area contributed by atoms with Crippen molar-refractivity contribution < 1.29 is 4.74 Å². The zero-order valence-electron chi connectivity index (χ0n) is 13.3. The summed E-state index contributed by atoms with van der Waals surface area (Å²) in [6, 6.07) is 7.53. The third-order valence-corrected chi connectivity index (χ3v) is 3.83. The minimum absolute atomic E-state index is 0. The van der Waals surface area contributed by atoms with Crippen LogP contribution in [0, 0.1) is 0 Å². The number of hydrogen-bond acceptors (Lipinski definition) is 3. The van der Waals surface area contributed by atoms with E-state index in [0.717, 1.165) is 30.4 Å².